The summed E-state index contributed by atoms with van der Waals surface area (Å²) in [6.45, 7) is 2.45. The van der Waals surface area contributed by atoms with Crippen molar-refractivity contribution in [3.05, 3.63) is 47.5 Å². The number of methoxy groups -OCH3 is 1. The second-order valence-corrected chi connectivity index (χ2v) is 7.15. The fourth-order valence-corrected chi connectivity index (χ4v) is 4.36. The molecule has 1 aliphatic heterocycles. The molecule has 1 aliphatic carbocycles. The van der Waals surface area contributed by atoms with Crippen LogP contribution in [-0.2, 0) is 30.4 Å². The first-order valence-electron chi connectivity index (χ1n) is 9.44. The molecule has 3 rings (SSSR count). The van der Waals surface area contributed by atoms with Gasteiger partial charge in [-0.05, 0) is 31.2 Å². The van der Waals surface area contributed by atoms with Crippen LogP contribution in [-0.4, -0.2) is 53.7 Å². The second-order valence-electron chi connectivity index (χ2n) is 7.15. The van der Waals surface area contributed by atoms with E-state index in [1.807, 2.05) is 35.2 Å². The fourth-order valence-electron chi connectivity index (χ4n) is 4.36. The maximum Gasteiger partial charge on any atom is 0.333 e. The van der Waals surface area contributed by atoms with Crippen molar-refractivity contribution in [1.29, 1.82) is 0 Å². The number of carboxylic acids is 1. The third kappa shape index (κ3) is 3.94. The standard InChI is InChI=1S/C21H25NO6/c1-3-28-21(26)17-11-14-9-15(20(25)27-2)10-16(19(23)24)18(14)22(17)12-13-7-5-4-6-8-13/h4-9,14,16-18H,3,10-12H2,1-2H3,(H,23,24)/t14-,16-,17+,18+/m1/s1. The summed E-state index contributed by atoms with van der Waals surface area (Å²) < 4.78 is 10.0. The number of carboxylic acid groups (broad SMARTS) is 1. The second kappa shape index (κ2) is 8.56. The number of nitrogens with zero attached hydrogens (tertiary/aromatic N) is 1. The Morgan fingerprint density at radius 1 is 1.21 bits per heavy atom. The lowest BCUT2D eigenvalue weighted by Gasteiger charge is -2.36. The molecule has 0 radical (unpaired) electrons. The van der Waals surface area contributed by atoms with E-state index in [2.05, 4.69) is 0 Å². The molecule has 2 aliphatic rings. The molecule has 0 saturated carbocycles. The van der Waals surface area contributed by atoms with Crippen LogP contribution in [0.2, 0.25) is 0 Å². The van der Waals surface area contributed by atoms with Crippen molar-refractivity contribution in [1.82, 2.24) is 4.90 Å². The van der Waals surface area contributed by atoms with Gasteiger partial charge in [0.2, 0.25) is 0 Å². The minimum absolute atomic E-state index is 0.0873. The zero-order chi connectivity index (χ0) is 20.3. The lowest BCUT2D eigenvalue weighted by atomic mass is 9.78. The van der Waals surface area contributed by atoms with Crippen molar-refractivity contribution in [2.45, 2.75) is 38.4 Å². The number of carbonyl (C=O) groups excluding carboxylic acids is 2. The minimum Gasteiger partial charge on any atom is -0.481 e. The topological polar surface area (TPSA) is 93.1 Å². The summed E-state index contributed by atoms with van der Waals surface area (Å²) in [5.74, 6) is -2.88. The van der Waals surface area contributed by atoms with Crippen LogP contribution >= 0.6 is 0 Å². The molecule has 1 aromatic carbocycles. The van der Waals surface area contributed by atoms with Crippen LogP contribution in [0.5, 0.6) is 0 Å². The molecule has 0 bridgehead atoms. The minimum atomic E-state index is -0.980. The van der Waals surface area contributed by atoms with E-state index in [1.54, 1.807) is 13.0 Å². The maximum atomic E-state index is 12.6. The van der Waals surface area contributed by atoms with Gasteiger partial charge in [-0.2, -0.15) is 0 Å². The van der Waals surface area contributed by atoms with Crippen molar-refractivity contribution >= 4 is 17.9 Å². The van der Waals surface area contributed by atoms with Crippen LogP contribution in [0.1, 0.15) is 25.3 Å². The first-order chi connectivity index (χ1) is 13.5. The van der Waals surface area contributed by atoms with Crippen molar-refractivity contribution in [3.63, 3.8) is 0 Å². The first-order valence-corrected chi connectivity index (χ1v) is 9.44. The van der Waals surface area contributed by atoms with Crippen molar-refractivity contribution in [3.8, 4) is 0 Å². The van der Waals surface area contributed by atoms with E-state index in [0.29, 0.717) is 18.5 Å². The van der Waals surface area contributed by atoms with Crippen LogP contribution in [0.4, 0.5) is 0 Å². The molecule has 0 amide bonds. The van der Waals surface area contributed by atoms with E-state index in [-0.39, 0.29) is 31.0 Å². The van der Waals surface area contributed by atoms with Crippen molar-refractivity contribution in [2.24, 2.45) is 11.8 Å². The zero-order valence-electron chi connectivity index (χ0n) is 16.0. The number of likely N-dealkylation sites (tertiary alicyclic amines) is 1. The van der Waals surface area contributed by atoms with Gasteiger partial charge in [0.1, 0.15) is 6.04 Å². The Bertz CT molecular complexity index is 774. The molecule has 1 fully saturated rings. The van der Waals surface area contributed by atoms with Crippen LogP contribution in [0.25, 0.3) is 0 Å². The lowest BCUT2D eigenvalue weighted by Crippen LogP contribution is -2.48. The summed E-state index contributed by atoms with van der Waals surface area (Å²) in [6.07, 6.45) is 2.29. The van der Waals surface area contributed by atoms with Gasteiger partial charge in [-0.25, -0.2) is 4.79 Å². The lowest BCUT2D eigenvalue weighted by molar-refractivity contribution is -0.152. The normalized spacial score (nSPS) is 26.9. The molecular formula is C21H25NO6. The summed E-state index contributed by atoms with van der Waals surface area (Å²) in [5, 5.41) is 9.85. The van der Waals surface area contributed by atoms with Crippen molar-refractivity contribution in [2.75, 3.05) is 13.7 Å². The zero-order valence-corrected chi connectivity index (χ0v) is 16.0. The number of aliphatic carboxylic acids is 1. The van der Waals surface area contributed by atoms with Gasteiger partial charge < -0.3 is 14.6 Å². The van der Waals surface area contributed by atoms with Crippen LogP contribution < -0.4 is 0 Å². The number of hydrogen-bond donors (Lipinski definition) is 1. The molecular weight excluding hydrogens is 362 g/mol. The fraction of sp³-hybridized carbons (Fsp3) is 0.476. The molecule has 7 nitrogen and oxygen atoms in total. The van der Waals surface area contributed by atoms with Gasteiger partial charge in [0.15, 0.2) is 0 Å². The van der Waals surface area contributed by atoms with Gasteiger partial charge >= 0.3 is 17.9 Å². The molecule has 1 heterocycles. The van der Waals surface area contributed by atoms with E-state index in [4.69, 9.17) is 9.47 Å². The van der Waals surface area contributed by atoms with Crippen LogP contribution in [0.3, 0.4) is 0 Å². The highest BCUT2D eigenvalue weighted by atomic mass is 16.5. The summed E-state index contributed by atoms with van der Waals surface area (Å²) in [5.41, 5.74) is 1.35. The molecule has 150 valence electrons. The number of ether oxygens (including phenoxy) is 2. The quantitative estimate of drug-likeness (QED) is 0.747. The Morgan fingerprint density at radius 3 is 2.54 bits per heavy atom. The summed E-state index contributed by atoms with van der Waals surface area (Å²) in [6, 6.07) is 8.68. The molecule has 4 atom stereocenters. The maximum absolute atomic E-state index is 12.6. The van der Waals surface area contributed by atoms with E-state index in [0.717, 1.165) is 5.56 Å². The number of benzene rings is 1. The Kier molecular flexibility index (Phi) is 6.14. The van der Waals surface area contributed by atoms with Crippen LogP contribution in [0, 0.1) is 11.8 Å². The monoisotopic (exact) mass is 387 g/mol. The number of rotatable bonds is 6. The Morgan fingerprint density at radius 2 is 1.93 bits per heavy atom. The molecule has 1 aromatic rings. The number of fused-ring (bicyclic) bond motifs is 1. The number of hydrogen-bond acceptors (Lipinski definition) is 6. The predicted octanol–water partition coefficient (Wildman–Crippen LogP) is 2.01. The molecule has 28 heavy (non-hydrogen) atoms. The smallest absolute Gasteiger partial charge is 0.333 e. The van der Waals surface area contributed by atoms with Gasteiger partial charge in [0, 0.05) is 18.2 Å². The third-order valence-electron chi connectivity index (χ3n) is 5.52. The summed E-state index contributed by atoms with van der Waals surface area (Å²) in [7, 11) is 1.28. The van der Waals surface area contributed by atoms with Gasteiger partial charge in [-0.1, -0.05) is 36.4 Å². The first kappa shape index (κ1) is 20.1. The summed E-state index contributed by atoms with van der Waals surface area (Å²) >= 11 is 0. The largest absolute Gasteiger partial charge is 0.481 e. The Hall–Kier alpha value is -2.67. The highest BCUT2D eigenvalue weighted by Crippen LogP contribution is 2.43. The molecule has 0 unspecified atom stereocenters. The number of carbonyl (C=O) groups is 3. The van der Waals surface area contributed by atoms with E-state index >= 15 is 0 Å². The number of esters is 2. The summed E-state index contributed by atoms with van der Waals surface area (Å²) in [4.78, 5) is 38.6. The molecule has 7 heteroatoms. The highest BCUT2D eigenvalue weighted by Gasteiger charge is 2.52. The molecule has 1 N–H and O–H groups in total. The van der Waals surface area contributed by atoms with Gasteiger partial charge in [0.05, 0.1) is 19.6 Å². The van der Waals surface area contributed by atoms with E-state index < -0.39 is 23.9 Å². The predicted molar refractivity (Wildman–Crippen MR) is 100 cm³/mol. The van der Waals surface area contributed by atoms with E-state index in [1.165, 1.54) is 7.11 Å². The average Bonchev–Trinajstić information content (AvgIpc) is 3.06. The molecule has 0 spiro atoms. The van der Waals surface area contributed by atoms with Crippen molar-refractivity contribution < 1.29 is 29.0 Å². The SMILES string of the molecule is CCOC(=O)[C@@H]1C[C@H]2C=C(C(=O)OC)C[C@@H](C(=O)O)[C@H]2N1Cc1ccccc1. The molecule has 1 saturated heterocycles. The van der Waals surface area contributed by atoms with E-state index in [9.17, 15) is 19.5 Å². The Labute approximate surface area is 163 Å². The van der Waals surface area contributed by atoms with Gasteiger partial charge in [0.25, 0.3) is 0 Å². The average molecular weight is 387 g/mol. The highest BCUT2D eigenvalue weighted by molar-refractivity contribution is 5.90. The van der Waals surface area contributed by atoms with Crippen LogP contribution in [0.15, 0.2) is 42.0 Å². The van der Waals surface area contributed by atoms with Gasteiger partial charge in [-0.3, -0.25) is 14.5 Å². The van der Waals surface area contributed by atoms with Gasteiger partial charge in [-0.15, -0.1) is 0 Å². The Balaban J connectivity index is 1.98. The third-order valence-corrected chi connectivity index (χ3v) is 5.52. The molecule has 0 aromatic heterocycles.